The van der Waals surface area contributed by atoms with Gasteiger partial charge in [-0.3, -0.25) is 9.36 Å². The quantitative estimate of drug-likeness (QED) is 0.0780. The van der Waals surface area contributed by atoms with Crippen LogP contribution in [0.4, 0.5) is 13.2 Å². The summed E-state index contributed by atoms with van der Waals surface area (Å²) < 4.78 is 67.8. The number of hydrogen-bond donors (Lipinski definition) is 0. The molecule has 0 spiro atoms. The van der Waals surface area contributed by atoms with Crippen LogP contribution in [0.5, 0.6) is 0 Å². The van der Waals surface area contributed by atoms with E-state index in [2.05, 4.69) is 18.9 Å². The second-order valence-corrected chi connectivity index (χ2v) is 12.3. The zero-order valence-corrected chi connectivity index (χ0v) is 25.0. The third-order valence-corrected chi connectivity index (χ3v) is 8.57. The van der Waals surface area contributed by atoms with Crippen LogP contribution in [0, 0.1) is 0 Å². The number of unbranched alkanes of at least 4 members (excludes halogenated alkanes) is 12. The van der Waals surface area contributed by atoms with Crippen LogP contribution in [-0.2, 0) is 19.8 Å². The first kappa shape index (κ1) is 34.2. The molecular weight excluding hydrogens is 540 g/mol. The molecule has 226 valence electrons. The molecule has 2 rings (SSSR count). The summed E-state index contributed by atoms with van der Waals surface area (Å²) in [6, 6.07) is 7.79. The molecule has 1 aromatic heterocycles. The van der Waals surface area contributed by atoms with E-state index in [-0.39, 0.29) is 18.9 Å². The third-order valence-electron chi connectivity index (χ3n) is 6.75. The predicted octanol–water partition coefficient (Wildman–Crippen LogP) is 9.80. The minimum absolute atomic E-state index is 0.130. The number of ketones is 1. The molecule has 0 fully saturated rings. The Morgan fingerprint density at radius 1 is 0.800 bits per heavy atom. The highest BCUT2D eigenvalue weighted by Gasteiger charge is 2.42. The van der Waals surface area contributed by atoms with Crippen LogP contribution in [0.2, 0.25) is 0 Å². The third kappa shape index (κ3) is 12.3. The van der Waals surface area contributed by atoms with Crippen LogP contribution in [0.1, 0.15) is 120 Å². The summed E-state index contributed by atoms with van der Waals surface area (Å²) in [5, 5.41) is 3.84. The molecule has 0 N–H and O–H groups in total. The van der Waals surface area contributed by atoms with Crippen molar-refractivity contribution < 1.29 is 31.6 Å². The number of hydrogen-bond acceptors (Lipinski definition) is 5. The molecule has 1 heterocycles. The Hall–Kier alpha value is -1.96. The summed E-state index contributed by atoms with van der Waals surface area (Å²) >= 11 is 0. The molecule has 40 heavy (non-hydrogen) atoms. The fourth-order valence-corrected chi connectivity index (χ4v) is 6.10. The number of carbonyl (C=O) groups is 1. The minimum atomic E-state index is -4.85. The number of rotatable bonds is 22. The van der Waals surface area contributed by atoms with Gasteiger partial charge in [0.25, 0.3) is 0 Å². The van der Waals surface area contributed by atoms with Gasteiger partial charge in [0.2, 0.25) is 0 Å². The lowest BCUT2D eigenvalue weighted by Crippen LogP contribution is -2.19. The average molecular weight is 587 g/mol. The van der Waals surface area contributed by atoms with E-state index in [4.69, 9.17) is 9.05 Å². The monoisotopic (exact) mass is 586 g/mol. The molecular formula is C30H46F3N2O4P. The Kier molecular flexibility index (Phi) is 15.8. The fourth-order valence-electron chi connectivity index (χ4n) is 4.51. The van der Waals surface area contributed by atoms with Crippen molar-refractivity contribution in [1.29, 1.82) is 0 Å². The standard InChI is InChI=1S/C30H46F3N2O4P/c1-3-5-7-9-11-13-18-22-38-40(37,39-23-19-14-12-10-8-6-4-2)25-28(36)27-24-34-35(29(27)30(31,32)33)26-20-16-15-17-21-26/h15-17,20-21,24H,3-14,18-19,22-23,25H2,1-2H3. The molecule has 0 atom stereocenters. The zero-order valence-electron chi connectivity index (χ0n) is 24.1. The summed E-state index contributed by atoms with van der Waals surface area (Å²) in [7, 11) is -3.96. The summed E-state index contributed by atoms with van der Waals surface area (Å²) in [6.07, 6.45) is 9.68. The first-order chi connectivity index (χ1) is 19.2. The van der Waals surface area contributed by atoms with E-state index in [9.17, 15) is 22.5 Å². The van der Waals surface area contributed by atoms with E-state index < -0.39 is 37.0 Å². The molecule has 10 heteroatoms. The molecule has 0 bridgehead atoms. The van der Waals surface area contributed by atoms with Gasteiger partial charge in [-0.15, -0.1) is 0 Å². The smallest absolute Gasteiger partial charge is 0.308 e. The van der Waals surface area contributed by atoms with Crippen molar-refractivity contribution in [1.82, 2.24) is 9.78 Å². The number of carbonyl (C=O) groups excluding carboxylic acids is 1. The molecule has 0 aliphatic carbocycles. The summed E-state index contributed by atoms with van der Waals surface area (Å²) in [5.74, 6) is -0.961. The van der Waals surface area contributed by atoms with Gasteiger partial charge in [0.15, 0.2) is 11.5 Å². The molecule has 6 nitrogen and oxygen atoms in total. The lowest BCUT2D eigenvalue weighted by atomic mass is 10.1. The van der Waals surface area contributed by atoms with Gasteiger partial charge < -0.3 is 9.05 Å². The number of nitrogens with zero attached hydrogens (tertiary/aromatic N) is 2. The molecule has 1 aromatic carbocycles. The molecule has 0 amide bonds. The van der Waals surface area contributed by atoms with E-state index in [1.54, 1.807) is 18.2 Å². The van der Waals surface area contributed by atoms with Crippen LogP contribution in [0.3, 0.4) is 0 Å². The van der Waals surface area contributed by atoms with E-state index in [1.807, 2.05) is 0 Å². The summed E-state index contributed by atoms with van der Waals surface area (Å²) in [4.78, 5) is 13.2. The Bertz CT molecular complexity index is 1000. The molecule has 0 saturated carbocycles. The van der Waals surface area contributed by atoms with Crippen LogP contribution in [0.15, 0.2) is 36.5 Å². The van der Waals surface area contributed by atoms with Gasteiger partial charge in [0.05, 0.1) is 30.7 Å². The Labute approximate surface area is 237 Å². The minimum Gasteiger partial charge on any atom is -0.308 e. The Morgan fingerprint density at radius 3 is 1.75 bits per heavy atom. The SMILES string of the molecule is CCCCCCCCCOP(=O)(CC(=O)c1cnn(-c2ccccc2)c1C(F)(F)F)OCCCCCCCCC. The molecule has 0 aliphatic rings. The number of Topliss-reactive ketones (excluding diaryl/α,β-unsaturated/α-hetero) is 1. The van der Waals surface area contributed by atoms with E-state index in [1.165, 1.54) is 37.8 Å². The second-order valence-electron chi connectivity index (χ2n) is 10.3. The van der Waals surface area contributed by atoms with Gasteiger partial charge in [0.1, 0.15) is 6.16 Å². The van der Waals surface area contributed by atoms with E-state index >= 15 is 0 Å². The molecule has 0 unspecified atom stereocenters. The number of alkyl halides is 3. The maximum Gasteiger partial charge on any atom is 0.434 e. The Morgan fingerprint density at radius 2 is 1.27 bits per heavy atom. The summed E-state index contributed by atoms with van der Waals surface area (Å²) in [6.45, 7) is 4.57. The van der Waals surface area contributed by atoms with Crippen molar-refractivity contribution in [2.45, 2.75) is 110 Å². The highest BCUT2D eigenvalue weighted by molar-refractivity contribution is 7.55. The van der Waals surface area contributed by atoms with Gasteiger partial charge >= 0.3 is 13.8 Å². The lowest BCUT2D eigenvalue weighted by Gasteiger charge is -2.19. The van der Waals surface area contributed by atoms with Crippen LogP contribution < -0.4 is 0 Å². The molecule has 2 aromatic rings. The molecule has 0 aliphatic heterocycles. The number of benzene rings is 1. The summed E-state index contributed by atoms with van der Waals surface area (Å²) in [5.41, 5.74) is -1.67. The largest absolute Gasteiger partial charge is 0.434 e. The fraction of sp³-hybridized carbons (Fsp3) is 0.667. The van der Waals surface area contributed by atoms with Crippen molar-refractivity contribution in [3.8, 4) is 5.69 Å². The molecule has 0 radical (unpaired) electrons. The van der Waals surface area contributed by atoms with Crippen molar-refractivity contribution in [2.24, 2.45) is 0 Å². The first-order valence-electron chi connectivity index (χ1n) is 14.8. The van der Waals surface area contributed by atoms with Gasteiger partial charge in [0, 0.05) is 0 Å². The van der Waals surface area contributed by atoms with Crippen molar-refractivity contribution in [3.05, 3.63) is 47.8 Å². The van der Waals surface area contributed by atoms with Gasteiger partial charge in [-0.05, 0) is 25.0 Å². The van der Waals surface area contributed by atoms with Crippen molar-refractivity contribution >= 4 is 13.4 Å². The zero-order chi connectivity index (χ0) is 29.3. The highest BCUT2D eigenvalue weighted by atomic mass is 31.2. The van der Waals surface area contributed by atoms with Crippen LogP contribution >= 0.6 is 7.60 Å². The van der Waals surface area contributed by atoms with Crippen molar-refractivity contribution in [3.63, 3.8) is 0 Å². The van der Waals surface area contributed by atoms with Crippen molar-refractivity contribution in [2.75, 3.05) is 19.4 Å². The van der Waals surface area contributed by atoms with Gasteiger partial charge in [-0.25, -0.2) is 4.68 Å². The average Bonchev–Trinajstić information content (AvgIpc) is 3.39. The van der Waals surface area contributed by atoms with E-state index in [0.29, 0.717) is 17.5 Å². The normalized spacial score (nSPS) is 12.2. The lowest BCUT2D eigenvalue weighted by molar-refractivity contribution is -0.143. The van der Waals surface area contributed by atoms with Crippen LogP contribution in [0.25, 0.3) is 5.69 Å². The molecule has 0 saturated heterocycles. The van der Waals surface area contributed by atoms with E-state index in [0.717, 1.165) is 57.6 Å². The number of para-hydroxylation sites is 1. The number of aromatic nitrogens is 2. The maximum absolute atomic E-state index is 14.1. The topological polar surface area (TPSA) is 70.4 Å². The van der Waals surface area contributed by atoms with Gasteiger partial charge in [-0.2, -0.15) is 18.3 Å². The predicted molar refractivity (Wildman–Crippen MR) is 153 cm³/mol. The maximum atomic E-state index is 14.1. The van der Waals surface area contributed by atoms with Crippen LogP contribution in [-0.4, -0.2) is 34.9 Å². The second kappa shape index (κ2) is 18.5. The first-order valence-corrected chi connectivity index (χ1v) is 16.6. The van der Waals surface area contributed by atoms with Gasteiger partial charge in [-0.1, -0.05) is 109 Å². The number of halogens is 3. The Balaban J connectivity index is 2.07. The highest BCUT2D eigenvalue weighted by Crippen LogP contribution is 2.49.